The summed E-state index contributed by atoms with van der Waals surface area (Å²) in [6, 6.07) is 7.62. The molecule has 0 aliphatic heterocycles. The summed E-state index contributed by atoms with van der Waals surface area (Å²) in [5.74, 6) is 0. The van der Waals surface area contributed by atoms with Crippen molar-refractivity contribution in [1.29, 1.82) is 0 Å². The summed E-state index contributed by atoms with van der Waals surface area (Å²) in [5, 5.41) is 1.42. The predicted molar refractivity (Wildman–Crippen MR) is 80.9 cm³/mol. The van der Waals surface area contributed by atoms with Crippen LogP contribution in [0.2, 0.25) is 10.0 Å². The molecule has 0 aliphatic carbocycles. The first-order valence-corrected chi connectivity index (χ1v) is 7.31. The van der Waals surface area contributed by atoms with E-state index >= 15 is 0 Å². The molecule has 0 aliphatic rings. The summed E-state index contributed by atoms with van der Waals surface area (Å²) in [6.45, 7) is 4.22. The molecule has 1 heterocycles. The van der Waals surface area contributed by atoms with Gasteiger partial charge >= 0.3 is 0 Å². The van der Waals surface area contributed by atoms with Gasteiger partial charge in [-0.2, -0.15) is 0 Å². The number of rotatable bonds is 3. The number of hydrogen-bond donors (Lipinski definition) is 1. The summed E-state index contributed by atoms with van der Waals surface area (Å²) in [4.78, 5) is 2.51. The van der Waals surface area contributed by atoms with E-state index in [0.717, 1.165) is 10.6 Å². The number of nitrogens with two attached hydrogens (primary N) is 1. The third-order valence-electron chi connectivity index (χ3n) is 3.00. The Bertz CT molecular complexity index is 543. The lowest BCUT2D eigenvalue weighted by Crippen LogP contribution is -2.12. The molecule has 96 valence electrons. The van der Waals surface area contributed by atoms with Crippen molar-refractivity contribution in [2.45, 2.75) is 26.3 Å². The zero-order chi connectivity index (χ0) is 13.3. The minimum absolute atomic E-state index is 0.0293. The summed E-state index contributed by atoms with van der Waals surface area (Å²) in [5.41, 5.74) is 8.53. The summed E-state index contributed by atoms with van der Waals surface area (Å²) in [6.07, 6.45) is 0.707. The van der Waals surface area contributed by atoms with Crippen molar-refractivity contribution in [3.8, 4) is 0 Å². The normalized spacial score (nSPS) is 12.7. The van der Waals surface area contributed by atoms with E-state index < -0.39 is 0 Å². The molecule has 1 aromatic carbocycles. The van der Waals surface area contributed by atoms with Crippen molar-refractivity contribution in [2.75, 3.05) is 0 Å². The van der Waals surface area contributed by atoms with Gasteiger partial charge in [0.15, 0.2) is 0 Å². The molecular formula is C14H15Cl2NS. The van der Waals surface area contributed by atoms with Crippen molar-refractivity contribution < 1.29 is 0 Å². The molecule has 0 spiro atoms. The van der Waals surface area contributed by atoms with Gasteiger partial charge < -0.3 is 5.73 Å². The highest BCUT2D eigenvalue weighted by Gasteiger charge is 2.13. The van der Waals surface area contributed by atoms with Crippen molar-refractivity contribution in [2.24, 2.45) is 5.73 Å². The minimum atomic E-state index is -0.0293. The Kier molecular flexibility index (Phi) is 4.33. The Balaban J connectivity index is 2.20. The number of thiophene rings is 1. The molecule has 0 saturated carbocycles. The van der Waals surface area contributed by atoms with Gasteiger partial charge in [0.05, 0.1) is 0 Å². The zero-order valence-electron chi connectivity index (χ0n) is 10.3. The average Bonchev–Trinajstić information content (AvgIpc) is 2.64. The highest BCUT2D eigenvalue weighted by atomic mass is 35.5. The fourth-order valence-corrected chi connectivity index (χ4v) is 3.26. The van der Waals surface area contributed by atoms with Crippen molar-refractivity contribution in [3.63, 3.8) is 0 Å². The van der Waals surface area contributed by atoms with Gasteiger partial charge in [0.1, 0.15) is 0 Å². The molecule has 0 fully saturated rings. The van der Waals surface area contributed by atoms with Gasteiger partial charge in [0, 0.05) is 25.8 Å². The molecule has 2 N–H and O–H groups in total. The second-order valence-corrected chi connectivity index (χ2v) is 6.57. The minimum Gasteiger partial charge on any atom is -0.323 e. The molecule has 1 unspecified atom stereocenters. The molecule has 0 radical (unpaired) electrons. The second kappa shape index (κ2) is 5.62. The van der Waals surface area contributed by atoms with Crippen LogP contribution in [-0.2, 0) is 6.42 Å². The van der Waals surface area contributed by atoms with Gasteiger partial charge in [0.2, 0.25) is 0 Å². The van der Waals surface area contributed by atoms with E-state index in [4.69, 9.17) is 28.9 Å². The first-order valence-electron chi connectivity index (χ1n) is 5.74. The van der Waals surface area contributed by atoms with Crippen LogP contribution in [0, 0.1) is 13.8 Å². The number of aryl methyl sites for hydroxylation is 2. The molecule has 0 amide bonds. The quantitative estimate of drug-likeness (QED) is 0.856. The van der Waals surface area contributed by atoms with E-state index in [2.05, 4.69) is 19.9 Å². The average molecular weight is 300 g/mol. The molecule has 1 atom stereocenters. The van der Waals surface area contributed by atoms with Crippen molar-refractivity contribution in [1.82, 2.24) is 0 Å². The van der Waals surface area contributed by atoms with E-state index in [1.54, 1.807) is 17.4 Å². The third-order valence-corrected chi connectivity index (χ3v) is 4.89. The lowest BCUT2D eigenvalue weighted by Gasteiger charge is -2.11. The van der Waals surface area contributed by atoms with E-state index in [1.165, 1.54) is 15.3 Å². The Morgan fingerprint density at radius 1 is 1.22 bits per heavy atom. The van der Waals surface area contributed by atoms with Crippen molar-refractivity contribution >= 4 is 34.5 Å². The lowest BCUT2D eigenvalue weighted by atomic mass is 10.0. The van der Waals surface area contributed by atoms with Crippen LogP contribution >= 0.6 is 34.5 Å². The predicted octanol–water partition coefficient (Wildman–Crippen LogP) is 4.91. The van der Waals surface area contributed by atoms with E-state index in [1.807, 2.05) is 12.1 Å². The Hall–Kier alpha value is -0.540. The summed E-state index contributed by atoms with van der Waals surface area (Å²) in [7, 11) is 0. The lowest BCUT2D eigenvalue weighted by molar-refractivity contribution is 0.736. The topological polar surface area (TPSA) is 26.0 Å². The molecule has 0 saturated heterocycles. The molecule has 1 nitrogen and oxygen atoms in total. The number of benzene rings is 1. The van der Waals surface area contributed by atoms with Crippen LogP contribution in [0.25, 0.3) is 0 Å². The first-order chi connectivity index (χ1) is 8.47. The van der Waals surface area contributed by atoms with Crippen LogP contribution in [0.15, 0.2) is 24.3 Å². The maximum atomic E-state index is 6.24. The molecule has 2 rings (SSSR count). The Morgan fingerprint density at radius 3 is 2.56 bits per heavy atom. The maximum Gasteiger partial charge on any atom is 0.0439 e. The zero-order valence-corrected chi connectivity index (χ0v) is 12.7. The Morgan fingerprint density at radius 2 is 1.94 bits per heavy atom. The maximum absolute atomic E-state index is 6.24. The van der Waals surface area contributed by atoms with E-state index in [0.29, 0.717) is 11.4 Å². The van der Waals surface area contributed by atoms with Crippen LogP contribution in [0.3, 0.4) is 0 Å². The number of hydrogen-bond acceptors (Lipinski definition) is 2. The van der Waals surface area contributed by atoms with Crippen LogP contribution in [0.5, 0.6) is 0 Å². The van der Waals surface area contributed by atoms with E-state index in [-0.39, 0.29) is 6.04 Å². The van der Waals surface area contributed by atoms with Crippen LogP contribution in [-0.4, -0.2) is 0 Å². The van der Waals surface area contributed by atoms with Crippen molar-refractivity contribution in [3.05, 3.63) is 55.2 Å². The third kappa shape index (κ3) is 3.07. The second-order valence-electron chi connectivity index (χ2n) is 4.43. The van der Waals surface area contributed by atoms with Gasteiger partial charge in [-0.1, -0.05) is 23.2 Å². The van der Waals surface area contributed by atoms with Crippen LogP contribution in [0.1, 0.15) is 26.9 Å². The summed E-state index contributed by atoms with van der Waals surface area (Å²) < 4.78 is 0. The molecule has 0 bridgehead atoms. The van der Waals surface area contributed by atoms with Gasteiger partial charge in [-0.15, -0.1) is 11.3 Å². The fraction of sp³-hybridized carbons (Fsp3) is 0.286. The molecular weight excluding hydrogens is 285 g/mol. The molecule has 4 heteroatoms. The van der Waals surface area contributed by atoms with E-state index in [9.17, 15) is 0 Å². The highest BCUT2D eigenvalue weighted by molar-refractivity contribution is 7.12. The largest absolute Gasteiger partial charge is 0.323 e. The monoisotopic (exact) mass is 299 g/mol. The van der Waals surface area contributed by atoms with Crippen LogP contribution < -0.4 is 5.73 Å². The Labute approximate surface area is 122 Å². The molecule has 2 aromatic rings. The molecule has 1 aromatic heterocycles. The fourth-order valence-electron chi connectivity index (χ4n) is 1.82. The van der Waals surface area contributed by atoms with Gasteiger partial charge in [-0.05, 0) is 55.7 Å². The summed E-state index contributed by atoms with van der Waals surface area (Å²) >= 11 is 13.9. The first kappa shape index (κ1) is 13.9. The van der Waals surface area contributed by atoms with Gasteiger partial charge in [0.25, 0.3) is 0 Å². The number of halogens is 2. The van der Waals surface area contributed by atoms with Gasteiger partial charge in [-0.3, -0.25) is 0 Å². The van der Waals surface area contributed by atoms with Crippen LogP contribution in [0.4, 0.5) is 0 Å². The highest BCUT2D eigenvalue weighted by Crippen LogP contribution is 2.30. The standard InChI is InChI=1S/C14H15Cl2NS/c1-8-5-14(18-9(8)2)13(17)7-10-6-11(15)3-4-12(10)16/h3-6,13H,7,17H2,1-2H3. The molecule has 18 heavy (non-hydrogen) atoms. The smallest absolute Gasteiger partial charge is 0.0439 e. The van der Waals surface area contributed by atoms with Gasteiger partial charge in [-0.25, -0.2) is 0 Å². The SMILES string of the molecule is Cc1cc(C(N)Cc2cc(Cl)ccc2Cl)sc1C.